The highest BCUT2D eigenvalue weighted by molar-refractivity contribution is 5.73. The van der Waals surface area contributed by atoms with Crippen LogP contribution in [0.25, 0.3) is 11.3 Å². The van der Waals surface area contributed by atoms with E-state index in [9.17, 15) is 9.18 Å². The van der Waals surface area contributed by atoms with Crippen LogP contribution in [0, 0.1) is 17.1 Å². The molecule has 0 aliphatic heterocycles. The summed E-state index contributed by atoms with van der Waals surface area (Å²) < 4.78 is 18.3. The third-order valence-corrected chi connectivity index (χ3v) is 2.05. The maximum Gasteiger partial charge on any atom is 0.185 e. The van der Waals surface area contributed by atoms with Crippen LogP contribution in [-0.4, -0.2) is 6.29 Å². The molecule has 1 aromatic heterocycles. The molecule has 1 aromatic carbocycles. The Morgan fingerprint density at radius 3 is 2.75 bits per heavy atom. The molecule has 0 spiro atoms. The van der Waals surface area contributed by atoms with E-state index in [1.54, 1.807) is 6.07 Å². The Hall–Kier alpha value is -2.41. The summed E-state index contributed by atoms with van der Waals surface area (Å²) in [5.41, 5.74) is 0.642. The lowest BCUT2D eigenvalue weighted by Gasteiger charge is -1.98. The Balaban J connectivity index is 2.51. The molecule has 0 saturated carbocycles. The number of furan rings is 1. The molecule has 0 saturated heterocycles. The average Bonchev–Trinajstić information content (AvgIpc) is 2.76. The highest BCUT2D eigenvalue weighted by Gasteiger charge is 2.07. The fraction of sp³-hybridized carbons (Fsp3) is 0. The van der Waals surface area contributed by atoms with Crippen molar-refractivity contribution in [3.8, 4) is 17.4 Å². The summed E-state index contributed by atoms with van der Waals surface area (Å²) in [6.07, 6.45) is 0.563. The van der Waals surface area contributed by atoms with Crippen molar-refractivity contribution in [3.63, 3.8) is 0 Å². The normalized spacial score (nSPS) is 9.75. The quantitative estimate of drug-likeness (QED) is 0.723. The molecule has 16 heavy (non-hydrogen) atoms. The van der Waals surface area contributed by atoms with Gasteiger partial charge in [0.05, 0.1) is 11.6 Å². The monoisotopic (exact) mass is 215 g/mol. The van der Waals surface area contributed by atoms with Crippen LogP contribution in [0.3, 0.4) is 0 Å². The fourth-order valence-electron chi connectivity index (χ4n) is 1.37. The number of benzene rings is 1. The molecule has 2 aromatic rings. The molecule has 0 amide bonds. The van der Waals surface area contributed by atoms with E-state index in [1.165, 1.54) is 18.2 Å². The number of hydrogen-bond acceptors (Lipinski definition) is 3. The SMILES string of the molecule is N#Cc1cc(F)cc(-c2ccc(C=O)o2)c1. The zero-order chi connectivity index (χ0) is 11.5. The van der Waals surface area contributed by atoms with Gasteiger partial charge in [-0.25, -0.2) is 4.39 Å². The van der Waals surface area contributed by atoms with E-state index < -0.39 is 5.82 Å². The molecule has 0 bridgehead atoms. The fourth-order valence-corrected chi connectivity index (χ4v) is 1.37. The summed E-state index contributed by atoms with van der Waals surface area (Å²) in [6, 6.07) is 8.76. The lowest BCUT2D eigenvalue weighted by molar-refractivity contribution is 0.110. The van der Waals surface area contributed by atoms with Gasteiger partial charge < -0.3 is 4.42 Å². The molecule has 0 radical (unpaired) electrons. The predicted molar refractivity (Wildman–Crippen MR) is 54.2 cm³/mol. The van der Waals surface area contributed by atoms with Crippen molar-refractivity contribution in [2.24, 2.45) is 0 Å². The minimum Gasteiger partial charge on any atom is -0.453 e. The number of halogens is 1. The summed E-state index contributed by atoms with van der Waals surface area (Å²) in [5, 5.41) is 8.68. The molecule has 3 nitrogen and oxygen atoms in total. The molecule has 0 fully saturated rings. The summed E-state index contributed by atoms with van der Waals surface area (Å²) >= 11 is 0. The van der Waals surface area contributed by atoms with Gasteiger partial charge in [-0.15, -0.1) is 0 Å². The van der Waals surface area contributed by atoms with Gasteiger partial charge in [0, 0.05) is 5.56 Å². The highest BCUT2D eigenvalue weighted by Crippen LogP contribution is 2.23. The molecule has 0 N–H and O–H groups in total. The number of carbonyl (C=O) groups excluding carboxylic acids is 1. The maximum absolute atomic E-state index is 13.1. The standard InChI is InChI=1S/C12H6FNO2/c13-10-4-8(6-14)3-9(5-10)12-2-1-11(7-15)16-12/h1-5,7H. The minimum atomic E-state index is -0.516. The molecular formula is C12H6FNO2. The third kappa shape index (κ3) is 1.84. The van der Waals surface area contributed by atoms with Crippen molar-refractivity contribution in [2.75, 3.05) is 0 Å². The summed E-state index contributed by atoms with van der Waals surface area (Å²) in [7, 11) is 0. The number of aldehydes is 1. The lowest BCUT2D eigenvalue weighted by atomic mass is 10.1. The second-order valence-electron chi connectivity index (χ2n) is 3.16. The number of carbonyl (C=O) groups is 1. The smallest absolute Gasteiger partial charge is 0.185 e. The van der Waals surface area contributed by atoms with Gasteiger partial charge in [-0.2, -0.15) is 5.26 Å². The average molecular weight is 215 g/mol. The van der Waals surface area contributed by atoms with Crippen molar-refractivity contribution >= 4 is 6.29 Å². The third-order valence-electron chi connectivity index (χ3n) is 2.05. The highest BCUT2D eigenvalue weighted by atomic mass is 19.1. The molecule has 4 heteroatoms. The van der Waals surface area contributed by atoms with Crippen LogP contribution < -0.4 is 0 Å². The molecule has 0 aliphatic rings. The molecular weight excluding hydrogens is 209 g/mol. The van der Waals surface area contributed by atoms with Gasteiger partial charge in [0.1, 0.15) is 11.6 Å². The van der Waals surface area contributed by atoms with Crippen molar-refractivity contribution in [3.05, 3.63) is 47.5 Å². The Bertz CT molecular complexity index is 581. The predicted octanol–water partition coefficient (Wildman–Crippen LogP) is 2.77. The van der Waals surface area contributed by atoms with Gasteiger partial charge >= 0.3 is 0 Å². The van der Waals surface area contributed by atoms with Gasteiger partial charge in [-0.05, 0) is 30.3 Å². The first-order chi connectivity index (χ1) is 7.72. The Kier molecular flexibility index (Phi) is 2.52. The summed E-state index contributed by atoms with van der Waals surface area (Å²) in [6.45, 7) is 0. The second-order valence-corrected chi connectivity index (χ2v) is 3.16. The van der Waals surface area contributed by atoms with E-state index in [1.807, 2.05) is 6.07 Å². The first-order valence-electron chi connectivity index (χ1n) is 4.49. The maximum atomic E-state index is 13.1. The van der Waals surface area contributed by atoms with E-state index >= 15 is 0 Å². The largest absolute Gasteiger partial charge is 0.453 e. The van der Waals surface area contributed by atoms with Crippen molar-refractivity contribution in [2.45, 2.75) is 0 Å². The first-order valence-corrected chi connectivity index (χ1v) is 4.49. The van der Waals surface area contributed by atoms with Crippen molar-refractivity contribution in [1.82, 2.24) is 0 Å². The van der Waals surface area contributed by atoms with E-state index in [0.717, 1.165) is 6.07 Å². The lowest BCUT2D eigenvalue weighted by Crippen LogP contribution is -1.82. The number of rotatable bonds is 2. The molecule has 0 aliphatic carbocycles. The molecule has 78 valence electrons. The van der Waals surface area contributed by atoms with Crippen molar-refractivity contribution in [1.29, 1.82) is 5.26 Å². The van der Waals surface area contributed by atoms with Crippen LogP contribution in [0.4, 0.5) is 4.39 Å². The molecule has 0 unspecified atom stereocenters. The second kappa shape index (κ2) is 3.99. The zero-order valence-electron chi connectivity index (χ0n) is 8.11. The topological polar surface area (TPSA) is 54.0 Å². The van der Waals surface area contributed by atoms with E-state index in [0.29, 0.717) is 17.6 Å². The van der Waals surface area contributed by atoms with Crippen molar-refractivity contribution < 1.29 is 13.6 Å². The first kappa shape index (κ1) is 10.1. The summed E-state index contributed by atoms with van der Waals surface area (Å²) in [4.78, 5) is 10.4. The summed E-state index contributed by atoms with van der Waals surface area (Å²) in [5.74, 6) is 0.00831. The van der Waals surface area contributed by atoms with Gasteiger partial charge in [-0.3, -0.25) is 4.79 Å². The van der Waals surface area contributed by atoms with Crippen LogP contribution in [0.5, 0.6) is 0 Å². The van der Waals surface area contributed by atoms with E-state index in [2.05, 4.69) is 0 Å². The van der Waals surface area contributed by atoms with Crippen LogP contribution in [0.2, 0.25) is 0 Å². The van der Waals surface area contributed by atoms with E-state index in [4.69, 9.17) is 9.68 Å². The van der Waals surface area contributed by atoms with Crippen LogP contribution in [0.15, 0.2) is 34.7 Å². The zero-order valence-corrected chi connectivity index (χ0v) is 8.11. The van der Waals surface area contributed by atoms with Crippen LogP contribution in [0.1, 0.15) is 16.1 Å². The Morgan fingerprint density at radius 2 is 2.12 bits per heavy atom. The van der Waals surface area contributed by atoms with Crippen LogP contribution >= 0.6 is 0 Å². The molecule has 1 heterocycles. The number of nitrogens with zero attached hydrogens (tertiary/aromatic N) is 1. The number of nitriles is 1. The van der Waals surface area contributed by atoms with Crippen LogP contribution in [-0.2, 0) is 0 Å². The van der Waals surface area contributed by atoms with Gasteiger partial charge in [0.25, 0.3) is 0 Å². The number of hydrogen-bond donors (Lipinski definition) is 0. The van der Waals surface area contributed by atoms with E-state index in [-0.39, 0.29) is 11.3 Å². The van der Waals surface area contributed by atoms with Gasteiger partial charge in [0.2, 0.25) is 0 Å². The Morgan fingerprint density at radius 1 is 1.31 bits per heavy atom. The Labute approximate surface area is 90.7 Å². The van der Waals surface area contributed by atoms with Gasteiger partial charge in [-0.1, -0.05) is 0 Å². The molecule has 0 atom stereocenters. The minimum absolute atomic E-state index is 0.165. The van der Waals surface area contributed by atoms with Gasteiger partial charge in [0.15, 0.2) is 12.0 Å². The molecule has 2 rings (SSSR count).